The molecule has 0 bridgehead atoms. The molecule has 15 heavy (non-hydrogen) atoms. The van der Waals surface area contributed by atoms with E-state index < -0.39 is 5.54 Å². The van der Waals surface area contributed by atoms with Crippen LogP contribution in [0, 0.1) is 0 Å². The van der Waals surface area contributed by atoms with Crippen molar-refractivity contribution < 1.29 is 0 Å². The minimum absolute atomic E-state index is 0.588. The fraction of sp³-hybridized carbons (Fsp3) is 0.300. The molecule has 0 spiro atoms. The third-order valence-electron chi connectivity index (χ3n) is 2.34. The van der Waals surface area contributed by atoms with Crippen molar-refractivity contribution in [3.63, 3.8) is 0 Å². The first-order valence-electron chi connectivity index (χ1n) is 4.64. The van der Waals surface area contributed by atoms with Crippen molar-refractivity contribution in [2.75, 3.05) is 0 Å². The van der Waals surface area contributed by atoms with Crippen LogP contribution in [0.15, 0.2) is 35.7 Å². The maximum absolute atomic E-state index is 8.50. The van der Waals surface area contributed by atoms with Gasteiger partial charge < -0.3 is 4.40 Å². The van der Waals surface area contributed by atoms with Crippen molar-refractivity contribution in [1.82, 2.24) is 9.38 Å². The number of nitrogens with zero attached hydrogens (tertiary/aromatic N) is 5. The summed E-state index contributed by atoms with van der Waals surface area (Å²) in [5.74, 6) is 0. The maximum Gasteiger partial charge on any atom is 0.136 e. The van der Waals surface area contributed by atoms with E-state index in [1.54, 1.807) is 6.20 Å². The molecule has 5 nitrogen and oxygen atoms in total. The highest BCUT2D eigenvalue weighted by Gasteiger charge is 2.22. The molecule has 2 aromatic heterocycles. The number of aromatic nitrogens is 2. The zero-order chi connectivity index (χ0) is 10.9. The van der Waals surface area contributed by atoms with Crippen LogP contribution in [0.3, 0.4) is 0 Å². The van der Waals surface area contributed by atoms with Crippen LogP contribution in [0.2, 0.25) is 0 Å². The van der Waals surface area contributed by atoms with Crippen molar-refractivity contribution in [2.24, 2.45) is 5.11 Å². The molecule has 0 aliphatic heterocycles. The van der Waals surface area contributed by atoms with Gasteiger partial charge in [-0.15, -0.1) is 0 Å². The molecular formula is C10H11N5. The molecule has 0 fully saturated rings. The number of rotatable bonds is 2. The van der Waals surface area contributed by atoms with E-state index in [2.05, 4.69) is 15.0 Å². The topological polar surface area (TPSA) is 66.1 Å². The van der Waals surface area contributed by atoms with Crippen LogP contribution >= 0.6 is 0 Å². The molecule has 0 N–H and O–H groups in total. The van der Waals surface area contributed by atoms with Crippen LogP contribution in [0.1, 0.15) is 19.5 Å². The zero-order valence-corrected chi connectivity index (χ0v) is 8.62. The number of imidazole rings is 1. The minimum Gasteiger partial charge on any atom is -0.303 e. The predicted molar refractivity (Wildman–Crippen MR) is 57.4 cm³/mol. The van der Waals surface area contributed by atoms with Crippen molar-refractivity contribution >= 4 is 5.65 Å². The van der Waals surface area contributed by atoms with E-state index in [0.717, 1.165) is 11.3 Å². The first-order valence-corrected chi connectivity index (χ1v) is 4.64. The summed E-state index contributed by atoms with van der Waals surface area (Å²) in [5, 5.41) is 3.77. The molecule has 0 unspecified atom stereocenters. The van der Waals surface area contributed by atoms with Gasteiger partial charge >= 0.3 is 0 Å². The van der Waals surface area contributed by atoms with Gasteiger partial charge in [-0.25, -0.2) is 4.98 Å². The van der Waals surface area contributed by atoms with Crippen molar-refractivity contribution in [3.8, 4) is 0 Å². The monoisotopic (exact) mass is 201 g/mol. The summed E-state index contributed by atoms with van der Waals surface area (Å²) < 4.78 is 1.93. The third kappa shape index (κ3) is 1.53. The van der Waals surface area contributed by atoms with Crippen LogP contribution < -0.4 is 0 Å². The summed E-state index contributed by atoms with van der Waals surface area (Å²) in [4.78, 5) is 7.10. The van der Waals surface area contributed by atoms with Gasteiger partial charge in [-0.3, -0.25) is 0 Å². The summed E-state index contributed by atoms with van der Waals surface area (Å²) in [5.41, 5.74) is 9.65. The van der Waals surface area contributed by atoms with Gasteiger partial charge in [0.15, 0.2) is 0 Å². The van der Waals surface area contributed by atoms with E-state index in [1.165, 1.54) is 0 Å². The Bertz CT molecular complexity index is 533. The first-order chi connectivity index (χ1) is 7.15. The first kappa shape index (κ1) is 9.55. The summed E-state index contributed by atoms with van der Waals surface area (Å²) in [7, 11) is 0. The summed E-state index contributed by atoms with van der Waals surface area (Å²) in [6.07, 6.45) is 3.65. The second-order valence-corrected chi connectivity index (χ2v) is 3.82. The molecular weight excluding hydrogens is 190 g/mol. The van der Waals surface area contributed by atoms with Gasteiger partial charge in [0, 0.05) is 17.3 Å². The molecule has 2 rings (SSSR count). The highest BCUT2D eigenvalue weighted by atomic mass is 15.2. The van der Waals surface area contributed by atoms with Crippen molar-refractivity contribution in [3.05, 3.63) is 46.7 Å². The SMILES string of the molecule is CC(C)(N=[N+]=[N-])c1cnc2ccccn12. The van der Waals surface area contributed by atoms with Crippen molar-refractivity contribution in [1.29, 1.82) is 0 Å². The number of pyridine rings is 1. The Kier molecular flexibility index (Phi) is 2.10. The molecule has 0 radical (unpaired) electrons. The van der Waals surface area contributed by atoms with Gasteiger partial charge in [-0.05, 0) is 31.5 Å². The van der Waals surface area contributed by atoms with Crippen LogP contribution in [-0.4, -0.2) is 9.38 Å². The van der Waals surface area contributed by atoms with Gasteiger partial charge in [0.25, 0.3) is 0 Å². The highest BCUT2D eigenvalue weighted by Crippen LogP contribution is 2.25. The molecule has 0 saturated carbocycles. The Morgan fingerprint density at radius 1 is 1.47 bits per heavy atom. The smallest absolute Gasteiger partial charge is 0.136 e. The van der Waals surface area contributed by atoms with Crippen LogP contribution in [0.5, 0.6) is 0 Å². The predicted octanol–water partition coefficient (Wildman–Crippen LogP) is 2.88. The molecule has 2 aromatic rings. The van der Waals surface area contributed by atoms with Gasteiger partial charge in [0.1, 0.15) is 5.65 Å². The second-order valence-electron chi connectivity index (χ2n) is 3.82. The molecule has 5 heteroatoms. The van der Waals surface area contributed by atoms with Crippen LogP contribution in [-0.2, 0) is 5.54 Å². The van der Waals surface area contributed by atoms with Gasteiger partial charge in [0.2, 0.25) is 0 Å². The Balaban J connectivity index is 2.67. The lowest BCUT2D eigenvalue weighted by Crippen LogP contribution is -2.15. The lowest BCUT2D eigenvalue weighted by Gasteiger charge is -2.16. The van der Waals surface area contributed by atoms with E-state index in [4.69, 9.17) is 5.53 Å². The van der Waals surface area contributed by atoms with Crippen molar-refractivity contribution in [2.45, 2.75) is 19.4 Å². The number of hydrogen-bond acceptors (Lipinski definition) is 2. The Morgan fingerprint density at radius 2 is 2.27 bits per heavy atom. The number of fused-ring (bicyclic) bond motifs is 1. The maximum atomic E-state index is 8.50. The molecule has 0 aromatic carbocycles. The van der Waals surface area contributed by atoms with E-state index in [9.17, 15) is 0 Å². The summed E-state index contributed by atoms with van der Waals surface area (Å²) >= 11 is 0. The quantitative estimate of drug-likeness (QED) is 0.418. The fourth-order valence-corrected chi connectivity index (χ4v) is 1.55. The Hall–Kier alpha value is -2.00. The molecule has 0 amide bonds. The van der Waals surface area contributed by atoms with Crippen LogP contribution in [0.4, 0.5) is 0 Å². The molecule has 0 aliphatic rings. The zero-order valence-electron chi connectivity index (χ0n) is 8.62. The van der Waals surface area contributed by atoms with Gasteiger partial charge in [-0.2, -0.15) is 0 Å². The number of hydrogen-bond donors (Lipinski definition) is 0. The van der Waals surface area contributed by atoms with Gasteiger partial charge in [0.05, 0.1) is 11.2 Å². The van der Waals surface area contributed by atoms with E-state index in [-0.39, 0.29) is 0 Å². The lowest BCUT2D eigenvalue weighted by atomic mass is 10.0. The van der Waals surface area contributed by atoms with E-state index in [0.29, 0.717) is 0 Å². The minimum atomic E-state index is -0.588. The van der Waals surface area contributed by atoms with E-state index in [1.807, 2.05) is 42.6 Å². The average molecular weight is 201 g/mol. The highest BCUT2D eigenvalue weighted by molar-refractivity contribution is 5.41. The average Bonchev–Trinajstić information content (AvgIpc) is 2.61. The summed E-state index contributed by atoms with van der Waals surface area (Å²) in [6, 6.07) is 5.76. The summed E-state index contributed by atoms with van der Waals surface area (Å²) in [6.45, 7) is 3.73. The van der Waals surface area contributed by atoms with Gasteiger partial charge in [-0.1, -0.05) is 11.2 Å². The Morgan fingerprint density at radius 3 is 3.00 bits per heavy atom. The molecule has 2 heterocycles. The van der Waals surface area contributed by atoms with E-state index >= 15 is 0 Å². The van der Waals surface area contributed by atoms with Crippen LogP contribution in [0.25, 0.3) is 16.1 Å². The normalized spacial score (nSPS) is 11.3. The number of azide groups is 1. The molecule has 76 valence electrons. The molecule has 0 atom stereocenters. The standard InChI is InChI=1S/C10H11N5/c1-10(2,13-14-11)8-7-12-9-5-3-4-6-15(8)9/h3-7H,1-2H3. The second kappa shape index (κ2) is 3.29. The molecule has 0 saturated heterocycles. The molecule has 0 aliphatic carbocycles. The lowest BCUT2D eigenvalue weighted by molar-refractivity contribution is 0.527. The third-order valence-corrected chi connectivity index (χ3v) is 2.34. The fourth-order valence-electron chi connectivity index (χ4n) is 1.55. The largest absolute Gasteiger partial charge is 0.303 e. The Labute approximate surface area is 87.0 Å².